The molecule has 9 aromatic rings. The van der Waals surface area contributed by atoms with Crippen LogP contribution in [0.4, 0.5) is 0 Å². The van der Waals surface area contributed by atoms with Gasteiger partial charge in [-0.25, -0.2) is 9.13 Å². The number of hydrogen-bond donors (Lipinski definition) is 0. The smallest absolute Gasteiger partial charge is 0.226 e. The highest BCUT2D eigenvalue weighted by atomic mass is 15.1. The Morgan fingerprint density at radius 2 is 0.957 bits per heavy atom. The Kier molecular flexibility index (Phi) is 5.15. The van der Waals surface area contributed by atoms with E-state index in [0.717, 1.165) is 13.1 Å². The summed E-state index contributed by atoms with van der Waals surface area (Å²) in [4.78, 5) is 0. The maximum absolute atomic E-state index is 2.47. The highest BCUT2D eigenvalue weighted by Crippen LogP contribution is 2.33. The van der Waals surface area contributed by atoms with E-state index in [1.807, 2.05) is 0 Å². The number of fused-ring (bicyclic) bond motifs is 3. The van der Waals surface area contributed by atoms with E-state index in [4.69, 9.17) is 0 Å². The lowest BCUT2D eigenvalue weighted by Crippen LogP contribution is -2.34. The largest absolute Gasteiger partial charge is 0.255 e. The molecule has 228 valence electrons. The molecule has 5 aromatic carbocycles. The monoisotopic (exact) mass is 613 g/mol. The van der Waals surface area contributed by atoms with Gasteiger partial charge in [-0.3, -0.25) is 0 Å². The molecule has 0 N–H and O–H groups in total. The third kappa shape index (κ3) is 3.27. The van der Waals surface area contributed by atoms with E-state index in [2.05, 4.69) is 160 Å². The van der Waals surface area contributed by atoms with Crippen molar-refractivity contribution in [3.8, 4) is 0 Å². The Bertz CT molecular complexity index is 2570. The lowest BCUT2D eigenvalue weighted by molar-refractivity contribution is -0.663. The molecule has 2 aliphatic heterocycles. The van der Waals surface area contributed by atoms with Gasteiger partial charge in [-0.15, -0.1) is 0 Å². The van der Waals surface area contributed by atoms with Crippen molar-refractivity contribution in [1.29, 1.82) is 0 Å². The van der Waals surface area contributed by atoms with Crippen molar-refractivity contribution in [3.05, 3.63) is 136 Å². The van der Waals surface area contributed by atoms with Crippen LogP contribution in [0.3, 0.4) is 0 Å². The number of hydrogen-bond acceptors (Lipinski definition) is 0. The van der Waals surface area contributed by atoms with Gasteiger partial charge in [0.05, 0.1) is 0 Å². The van der Waals surface area contributed by atoms with Gasteiger partial charge in [0.2, 0.25) is 6.33 Å². The normalized spacial score (nSPS) is 13.1. The molecule has 47 heavy (non-hydrogen) atoms. The molecule has 0 unspecified atom stereocenters. The van der Waals surface area contributed by atoms with E-state index in [0.29, 0.717) is 0 Å². The summed E-state index contributed by atoms with van der Waals surface area (Å²) in [6, 6.07) is 26.7. The lowest BCUT2D eigenvalue weighted by Gasteiger charge is -2.14. The van der Waals surface area contributed by atoms with E-state index < -0.39 is 0 Å². The van der Waals surface area contributed by atoms with Crippen LogP contribution in [0, 0.1) is 41.5 Å². The molecule has 11 rings (SSSR count). The maximum atomic E-state index is 2.47. The van der Waals surface area contributed by atoms with Gasteiger partial charge in [-0.1, -0.05) is 36.4 Å². The quantitative estimate of drug-likeness (QED) is 0.164. The Labute approximate surface area is 272 Å². The molecule has 0 saturated heterocycles. The molecule has 0 radical (unpaired) electrons. The summed E-state index contributed by atoms with van der Waals surface area (Å²) in [6.45, 7) is 15.5. The molecule has 2 aliphatic rings. The van der Waals surface area contributed by atoms with Crippen LogP contribution in [0.5, 0.6) is 0 Å². The van der Waals surface area contributed by atoms with E-state index in [1.165, 1.54) is 99.7 Å². The molecule has 6 heteroatoms. The minimum atomic E-state index is 0.784. The summed E-state index contributed by atoms with van der Waals surface area (Å²) < 4.78 is 14.8. The predicted octanol–water partition coefficient (Wildman–Crippen LogP) is 7.04. The first-order valence-electron chi connectivity index (χ1n) is 16.6. The van der Waals surface area contributed by atoms with Crippen LogP contribution in [0.1, 0.15) is 44.5 Å². The molecular weight excluding hydrogens is 576 g/mol. The standard InChI is InChI=1S/C41H37N6/c1-24-30-19-42-21-43(33-14-8-7-13-32(33)42)20-31-26(3)40-29(6)41(27(31)4)47-23-46(36-17-11-12-18-37(36)47)39(25(30)2)28(5)38(24)44-22-45(40)35-16-10-9-15-34(35)44/h7-18,21-23H,19-20H2,1-6H3/q+3. The number of benzene rings is 5. The van der Waals surface area contributed by atoms with Gasteiger partial charge < -0.3 is 0 Å². The Hall–Kier alpha value is -5.49. The molecule has 12 bridgehead atoms. The van der Waals surface area contributed by atoms with Crippen molar-refractivity contribution >= 4 is 55.2 Å². The van der Waals surface area contributed by atoms with E-state index in [1.54, 1.807) is 0 Å². The van der Waals surface area contributed by atoms with Crippen LogP contribution in [0.25, 0.3) is 55.2 Å². The average molecular weight is 614 g/mol. The van der Waals surface area contributed by atoms with Crippen LogP contribution in [-0.4, -0.2) is 13.4 Å². The molecule has 0 fully saturated rings. The van der Waals surface area contributed by atoms with Crippen LogP contribution < -0.4 is 13.4 Å². The number of rotatable bonds is 0. The van der Waals surface area contributed by atoms with Gasteiger partial charge in [0.25, 0.3) is 12.7 Å². The first-order valence-corrected chi connectivity index (χ1v) is 16.6. The Morgan fingerprint density at radius 3 is 1.51 bits per heavy atom. The molecule has 6 heterocycles. The minimum Gasteiger partial charge on any atom is -0.226 e. The van der Waals surface area contributed by atoms with Crippen LogP contribution >= 0.6 is 0 Å². The second kappa shape index (κ2) is 9.07. The Balaban J connectivity index is 1.65. The maximum Gasteiger partial charge on any atom is 0.255 e. The number of aromatic nitrogens is 6. The minimum absolute atomic E-state index is 0.784. The zero-order chi connectivity index (χ0) is 31.9. The SMILES string of the molecule is Cc1c2c(C)c3c(C)c1n1c[n+](c4c(C)c(c(C)c(c4C)[n+]4cn3c3ccccc34)Cn3c[n+](c4ccccc43)C2)c2ccccc21. The van der Waals surface area contributed by atoms with Gasteiger partial charge in [0.15, 0.2) is 33.1 Å². The number of imidazole rings is 3. The third-order valence-corrected chi connectivity index (χ3v) is 11.3. The number of aryl methyl sites for hydroxylation is 6. The summed E-state index contributed by atoms with van der Waals surface area (Å²) in [5.41, 5.74) is 22.9. The predicted molar refractivity (Wildman–Crippen MR) is 187 cm³/mol. The van der Waals surface area contributed by atoms with E-state index >= 15 is 0 Å². The molecule has 6 nitrogen and oxygen atoms in total. The van der Waals surface area contributed by atoms with Gasteiger partial charge in [0.1, 0.15) is 35.2 Å². The van der Waals surface area contributed by atoms with Crippen LogP contribution in [-0.2, 0) is 13.1 Å². The fourth-order valence-corrected chi connectivity index (χ4v) is 9.17. The van der Waals surface area contributed by atoms with Crippen molar-refractivity contribution < 1.29 is 13.4 Å². The molecular formula is C41H37N6+3. The molecule has 4 aromatic heterocycles. The average Bonchev–Trinajstić information content (AvgIpc) is 3.74. The van der Waals surface area contributed by atoms with E-state index in [9.17, 15) is 0 Å². The zero-order valence-electron chi connectivity index (χ0n) is 27.8. The third-order valence-electron chi connectivity index (χ3n) is 11.3. The first kappa shape index (κ1) is 26.7. The van der Waals surface area contributed by atoms with Gasteiger partial charge in [0, 0.05) is 44.5 Å². The molecule has 0 atom stereocenters. The van der Waals surface area contributed by atoms with Crippen molar-refractivity contribution in [2.45, 2.75) is 54.6 Å². The fraction of sp³-hybridized carbons (Fsp3) is 0.195. The first-order chi connectivity index (χ1) is 22.8. The lowest BCUT2D eigenvalue weighted by atomic mass is 9.96. The van der Waals surface area contributed by atoms with Crippen LogP contribution in [0.2, 0.25) is 0 Å². The fourth-order valence-electron chi connectivity index (χ4n) is 9.17. The van der Waals surface area contributed by atoms with Crippen molar-refractivity contribution in [2.75, 3.05) is 0 Å². The van der Waals surface area contributed by atoms with Crippen molar-refractivity contribution in [3.63, 3.8) is 0 Å². The molecule has 0 amide bonds. The highest BCUT2D eigenvalue weighted by molar-refractivity contribution is 5.87. The number of para-hydroxylation sites is 6. The van der Waals surface area contributed by atoms with Crippen molar-refractivity contribution in [2.24, 2.45) is 0 Å². The summed E-state index contributed by atoms with van der Waals surface area (Å²) in [7, 11) is 0. The second-order valence-electron chi connectivity index (χ2n) is 13.6. The van der Waals surface area contributed by atoms with Gasteiger partial charge in [-0.2, -0.15) is 17.6 Å². The topological polar surface area (TPSA) is 25.8 Å². The molecule has 0 saturated carbocycles. The summed E-state index contributed by atoms with van der Waals surface area (Å²) in [5.74, 6) is 0. The second-order valence-corrected chi connectivity index (χ2v) is 13.6. The summed E-state index contributed by atoms with van der Waals surface area (Å²) in [5, 5.41) is 0. The van der Waals surface area contributed by atoms with Gasteiger partial charge >= 0.3 is 0 Å². The molecule has 0 aliphatic carbocycles. The summed E-state index contributed by atoms with van der Waals surface area (Å²) >= 11 is 0. The van der Waals surface area contributed by atoms with Crippen molar-refractivity contribution in [1.82, 2.24) is 13.4 Å². The van der Waals surface area contributed by atoms with Crippen LogP contribution in [0.15, 0.2) is 91.8 Å². The summed E-state index contributed by atoms with van der Waals surface area (Å²) in [6.07, 6.45) is 7.06. The highest BCUT2D eigenvalue weighted by Gasteiger charge is 2.30. The molecule has 0 spiro atoms. The van der Waals surface area contributed by atoms with E-state index in [-0.39, 0.29) is 0 Å². The number of nitrogens with zero attached hydrogens (tertiary/aromatic N) is 6. The zero-order valence-corrected chi connectivity index (χ0v) is 27.8. The van der Waals surface area contributed by atoms with Gasteiger partial charge in [-0.05, 0) is 77.9 Å². The Morgan fingerprint density at radius 1 is 0.468 bits per heavy atom.